The van der Waals surface area contributed by atoms with E-state index in [0.717, 1.165) is 5.92 Å². The zero-order chi connectivity index (χ0) is 13.7. The molecule has 2 atom stereocenters. The third-order valence-corrected chi connectivity index (χ3v) is 4.49. The Morgan fingerprint density at radius 1 is 1.21 bits per heavy atom. The summed E-state index contributed by atoms with van der Waals surface area (Å²) in [7, 11) is 2.22. The normalized spacial score (nSPS) is 22.0. The summed E-state index contributed by atoms with van der Waals surface area (Å²) >= 11 is 0. The number of benzene rings is 1. The van der Waals surface area contributed by atoms with Gasteiger partial charge in [-0.2, -0.15) is 0 Å². The Kier molecular flexibility index (Phi) is 5.41. The Balaban J connectivity index is 2.10. The molecule has 0 spiro atoms. The van der Waals surface area contributed by atoms with Crippen LogP contribution in [0.2, 0.25) is 0 Å². The van der Waals surface area contributed by atoms with Gasteiger partial charge in [0.25, 0.3) is 0 Å². The van der Waals surface area contributed by atoms with Crippen molar-refractivity contribution >= 4 is 0 Å². The molecule has 2 unspecified atom stereocenters. The van der Waals surface area contributed by atoms with Gasteiger partial charge in [0, 0.05) is 18.6 Å². The minimum absolute atomic E-state index is 0.507. The van der Waals surface area contributed by atoms with Crippen molar-refractivity contribution in [3.05, 3.63) is 35.9 Å². The second-order valence-electron chi connectivity index (χ2n) is 5.88. The molecular weight excluding hydrogens is 232 g/mol. The molecule has 1 aliphatic rings. The number of likely N-dealkylation sites (N-methyl/N-ethyl adjacent to an activating group) is 1. The molecule has 0 radical (unpaired) electrons. The molecule has 106 valence electrons. The molecule has 0 bridgehead atoms. The van der Waals surface area contributed by atoms with Gasteiger partial charge in [-0.3, -0.25) is 0 Å². The monoisotopic (exact) mass is 260 g/mol. The van der Waals surface area contributed by atoms with E-state index in [1.54, 1.807) is 0 Å². The Morgan fingerprint density at radius 3 is 2.42 bits per heavy atom. The van der Waals surface area contributed by atoms with Crippen molar-refractivity contribution in [2.75, 3.05) is 20.1 Å². The van der Waals surface area contributed by atoms with Gasteiger partial charge in [0.05, 0.1) is 0 Å². The van der Waals surface area contributed by atoms with E-state index in [0.29, 0.717) is 12.1 Å². The number of rotatable bonds is 6. The summed E-state index contributed by atoms with van der Waals surface area (Å²) in [5.41, 5.74) is 1.45. The van der Waals surface area contributed by atoms with Crippen LogP contribution < -0.4 is 5.32 Å². The van der Waals surface area contributed by atoms with E-state index in [-0.39, 0.29) is 0 Å². The van der Waals surface area contributed by atoms with Crippen LogP contribution in [-0.4, -0.2) is 31.1 Å². The van der Waals surface area contributed by atoms with Gasteiger partial charge in [-0.25, -0.2) is 0 Å². The third-order valence-electron chi connectivity index (χ3n) is 4.49. The highest BCUT2D eigenvalue weighted by Gasteiger charge is 2.26. The predicted octanol–water partition coefficient (Wildman–Crippen LogP) is 3.46. The minimum atomic E-state index is 0.507. The SMILES string of the molecule is CCC(CC)C(NC1CCN(C)C1)c1ccccc1. The van der Waals surface area contributed by atoms with Crippen LogP contribution in [0.5, 0.6) is 0 Å². The standard InChI is InChI=1S/C17H28N2/c1-4-14(5-2)17(15-9-7-6-8-10-15)18-16-11-12-19(3)13-16/h6-10,14,16-18H,4-5,11-13H2,1-3H3. The summed E-state index contributed by atoms with van der Waals surface area (Å²) in [6.07, 6.45) is 3.76. The average molecular weight is 260 g/mol. The van der Waals surface area contributed by atoms with Gasteiger partial charge in [-0.1, -0.05) is 57.0 Å². The predicted molar refractivity (Wildman–Crippen MR) is 82.3 cm³/mol. The Bertz CT molecular complexity index is 359. The van der Waals surface area contributed by atoms with Crippen molar-refractivity contribution < 1.29 is 0 Å². The molecule has 2 heteroatoms. The second-order valence-corrected chi connectivity index (χ2v) is 5.88. The van der Waals surface area contributed by atoms with Crippen LogP contribution in [0.15, 0.2) is 30.3 Å². The lowest BCUT2D eigenvalue weighted by atomic mass is 9.88. The van der Waals surface area contributed by atoms with Crippen LogP contribution in [0.25, 0.3) is 0 Å². The van der Waals surface area contributed by atoms with Gasteiger partial charge in [0.1, 0.15) is 0 Å². The maximum Gasteiger partial charge on any atom is 0.0351 e. The van der Waals surface area contributed by atoms with E-state index in [9.17, 15) is 0 Å². The molecule has 0 aliphatic carbocycles. The summed E-state index contributed by atoms with van der Waals surface area (Å²) in [5.74, 6) is 0.730. The zero-order valence-electron chi connectivity index (χ0n) is 12.6. The van der Waals surface area contributed by atoms with Crippen LogP contribution in [0.1, 0.15) is 44.7 Å². The molecular formula is C17H28N2. The third kappa shape index (κ3) is 3.80. The van der Waals surface area contributed by atoms with Gasteiger partial charge in [-0.15, -0.1) is 0 Å². The van der Waals surface area contributed by atoms with E-state index in [1.165, 1.54) is 37.9 Å². The molecule has 0 amide bonds. The number of nitrogens with one attached hydrogen (secondary N) is 1. The minimum Gasteiger partial charge on any atom is -0.306 e. The summed E-state index contributed by atoms with van der Waals surface area (Å²) < 4.78 is 0. The van der Waals surface area contributed by atoms with Gasteiger partial charge in [0.2, 0.25) is 0 Å². The average Bonchev–Trinajstić information content (AvgIpc) is 2.85. The van der Waals surface area contributed by atoms with Crippen molar-refractivity contribution in [3.63, 3.8) is 0 Å². The highest BCUT2D eigenvalue weighted by Crippen LogP contribution is 2.28. The smallest absolute Gasteiger partial charge is 0.0351 e. The number of hydrogen-bond acceptors (Lipinski definition) is 2. The van der Waals surface area contributed by atoms with Crippen molar-refractivity contribution in [2.45, 2.75) is 45.2 Å². The van der Waals surface area contributed by atoms with Crippen molar-refractivity contribution in [1.82, 2.24) is 10.2 Å². The fourth-order valence-corrected chi connectivity index (χ4v) is 3.25. The molecule has 1 aliphatic heterocycles. The lowest BCUT2D eigenvalue weighted by Gasteiger charge is -2.30. The largest absolute Gasteiger partial charge is 0.306 e. The maximum atomic E-state index is 3.92. The van der Waals surface area contributed by atoms with E-state index in [2.05, 4.69) is 61.4 Å². The first-order valence-corrected chi connectivity index (χ1v) is 7.74. The zero-order valence-corrected chi connectivity index (χ0v) is 12.6. The topological polar surface area (TPSA) is 15.3 Å². The van der Waals surface area contributed by atoms with Gasteiger partial charge in [0.15, 0.2) is 0 Å². The fourth-order valence-electron chi connectivity index (χ4n) is 3.25. The number of hydrogen-bond donors (Lipinski definition) is 1. The lowest BCUT2D eigenvalue weighted by molar-refractivity contribution is 0.303. The van der Waals surface area contributed by atoms with Crippen LogP contribution in [0, 0.1) is 5.92 Å². The summed E-state index contributed by atoms with van der Waals surface area (Å²) in [6, 6.07) is 12.1. The van der Waals surface area contributed by atoms with E-state index >= 15 is 0 Å². The number of likely N-dealkylation sites (tertiary alicyclic amines) is 1. The van der Waals surface area contributed by atoms with Crippen LogP contribution in [0.3, 0.4) is 0 Å². The molecule has 2 nitrogen and oxygen atoms in total. The summed E-state index contributed by atoms with van der Waals surface area (Å²) in [6.45, 7) is 7.03. The van der Waals surface area contributed by atoms with Crippen molar-refractivity contribution in [1.29, 1.82) is 0 Å². The molecule has 1 aromatic rings. The molecule has 0 saturated carbocycles. The van der Waals surface area contributed by atoms with E-state index < -0.39 is 0 Å². The highest BCUT2D eigenvalue weighted by atomic mass is 15.2. The number of nitrogens with zero attached hydrogens (tertiary/aromatic N) is 1. The molecule has 2 rings (SSSR count). The first kappa shape index (κ1) is 14.5. The fraction of sp³-hybridized carbons (Fsp3) is 0.647. The summed E-state index contributed by atoms with van der Waals surface area (Å²) in [4.78, 5) is 2.42. The van der Waals surface area contributed by atoms with Crippen LogP contribution in [0.4, 0.5) is 0 Å². The van der Waals surface area contributed by atoms with Gasteiger partial charge in [-0.05, 0) is 31.5 Å². The summed E-state index contributed by atoms with van der Waals surface area (Å²) in [5, 5.41) is 3.92. The van der Waals surface area contributed by atoms with Crippen LogP contribution in [-0.2, 0) is 0 Å². The second kappa shape index (κ2) is 7.06. The van der Waals surface area contributed by atoms with Crippen molar-refractivity contribution in [3.8, 4) is 0 Å². The van der Waals surface area contributed by atoms with Gasteiger partial charge < -0.3 is 10.2 Å². The molecule has 1 heterocycles. The Morgan fingerprint density at radius 2 is 1.89 bits per heavy atom. The van der Waals surface area contributed by atoms with Crippen molar-refractivity contribution in [2.24, 2.45) is 5.92 Å². The first-order valence-electron chi connectivity index (χ1n) is 7.74. The van der Waals surface area contributed by atoms with Crippen LogP contribution >= 0.6 is 0 Å². The van der Waals surface area contributed by atoms with E-state index in [1.807, 2.05) is 0 Å². The Hall–Kier alpha value is -0.860. The lowest BCUT2D eigenvalue weighted by Crippen LogP contribution is -2.38. The first-order chi connectivity index (χ1) is 9.24. The van der Waals surface area contributed by atoms with Gasteiger partial charge >= 0.3 is 0 Å². The molecule has 1 fully saturated rings. The molecule has 19 heavy (non-hydrogen) atoms. The maximum absolute atomic E-state index is 3.92. The molecule has 1 aromatic carbocycles. The quantitative estimate of drug-likeness (QED) is 0.842. The molecule has 0 aromatic heterocycles. The Labute approximate surface area is 118 Å². The molecule has 1 saturated heterocycles. The molecule has 1 N–H and O–H groups in total. The van der Waals surface area contributed by atoms with E-state index in [4.69, 9.17) is 0 Å². The highest BCUT2D eigenvalue weighted by molar-refractivity contribution is 5.20.